The van der Waals surface area contributed by atoms with Crippen molar-refractivity contribution in [2.75, 3.05) is 0 Å². The minimum Gasteiger partial charge on any atom is -0.481 e. The molecule has 0 aromatic heterocycles. The summed E-state index contributed by atoms with van der Waals surface area (Å²) in [5.41, 5.74) is 4.87. The molecule has 0 radical (unpaired) electrons. The number of carboxylic acids is 2. The van der Waals surface area contributed by atoms with Gasteiger partial charge in [0.25, 0.3) is 0 Å². The fourth-order valence-corrected chi connectivity index (χ4v) is 0.626. The van der Waals surface area contributed by atoms with Crippen LogP contribution in [0.5, 0.6) is 0 Å². The predicted molar refractivity (Wildman–Crippen MR) is 46.7 cm³/mol. The zero-order chi connectivity index (χ0) is 9.56. The normalized spacial score (nSPS) is 12.0. The Kier molecular flexibility index (Phi) is 10.2. The molecule has 13 heavy (non-hydrogen) atoms. The molecule has 0 aliphatic carbocycles. The Hall–Kier alpha value is -0.0186. The number of aliphatic imine (C=N–C) groups is 1. The van der Waals surface area contributed by atoms with Crippen molar-refractivity contribution < 1.29 is 19.8 Å². The fraction of sp³-hybridized carbons (Fsp3) is 0.500. The summed E-state index contributed by atoms with van der Waals surface area (Å²) in [4.78, 5) is 23.8. The molecule has 0 aliphatic heterocycles. The Morgan fingerprint density at radius 2 is 2.00 bits per heavy atom. The molecule has 0 amide bonds. The van der Waals surface area contributed by atoms with Crippen LogP contribution in [0.2, 0.25) is 0 Å². The van der Waals surface area contributed by atoms with Crippen molar-refractivity contribution in [1.29, 1.82) is 0 Å². The average molecular weight is 311 g/mol. The van der Waals surface area contributed by atoms with Crippen molar-refractivity contribution in [3.63, 3.8) is 0 Å². The van der Waals surface area contributed by atoms with Gasteiger partial charge >= 0.3 is 60.8 Å². The van der Waals surface area contributed by atoms with Gasteiger partial charge in [0.2, 0.25) is 0 Å². The zero-order valence-electron chi connectivity index (χ0n) is 7.01. The summed E-state index contributed by atoms with van der Waals surface area (Å²) < 4.78 is 0. The third-order valence-electron chi connectivity index (χ3n) is 1.18. The van der Waals surface area contributed by atoms with Crippen LogP contribution in [0.4, 0.5) is 0 Å². The third kappa shape index (κ3) is 8.32. The minimum absolute atomic E-state index is 0. The molecule has 68 valence electrons. The largest absolute Gasteiger partial charge is 2.00 e. The van der Waals surface area contributed by atoms with Crippen LogP contribution >= 0.6 is 0 Å². The third-order valence-corrected chi connectivity index (χ3v) is 1.18. The molecule has 4 N–H and O–H groups in total. The van der Waals surface area contributed by atoms with Crippen molar-refractivity contribution in [3.05, 3.63) is 0 Å². The summed E-state index contributed by atoms with van der Waals surface area (Å²) in [7, 11) is 0. The van der Waals surface area contributed by atoms with Crippen LogP contribution < -0.4 is 5.73 Å². The smallest absolute Gasteiger partial charge is 0.481 e. The molecule has 6 nitrogen and oxygen atoms in total. The molecule has 7 heteroatoms. The van der Waals surface area contributed by atoms with Crippen molar-refractivity contribution in [2.45, 2.75) is 18.9 Å². The molecule has 1 unspecified atom stereocenters. The van der Waals surface area contributed by atoms with Gasteiger partial charge in [-0.1, -0.05) is 0 Å². The number of nitrogens with zero attached hydrogens (tertiary/aromatic N) is 1. The van der Waals surface area contributed by atoms with Crippen LogP contribution in [0.25, 0.3) is 0 Å². The predicted octanol–water partition coefficient (Wildman–Crippen LogP) is -1.09. The van der Waals surface area contributed by atoms with Crippen molar-refractivity contribution in [1.82, 2.24) is 0 Å². The summed E-state index contributed by atoms with van der Waals surface area (Å²) in [5.74, 6) is -2.22. The van der Waals surface area contributed by atoms with Gasteiger partial charge in [-0.2, -0.15) is 0 Å². The van der Waals surface area contributed by atoms with E-state index in [0.717, 1.165) is 6.34 Å². The molecule has 0 saturated heterocycles. The van der Waals surface area contributed by atoms with Gasteiger partial charge in [0, 0.05) is 6.42 Å². The van der Waals surface area contributed by atoms with Crippen LogP contribution in [0.3, 0.4) is 0 Å². The van der Waals surface area contributed by atoms with Gasteiger partial charge in [-0.3, -0.25) is 9.79 Å². The first-order chi connectivity index (χ1) is 5.57. The van der Waals surface area contributed by atoms with E-state index >= 15 is 0 Å². The Balaban J connectivity index is 0. The van der Waals surface area contributed by atoms with Crippen molar-refractivity contribution in [2.24, 2.45) is 10.7 Å². The standard InChI is InChI=1S/C6H10N2O4.Ba/c7-3-8-4(6(11)12)1-2-5(9)10;/h3-4H,1-2H2,(H2,7,8)(H,9,10)(H,11,12);/q;+2. The molecule has 0 aliphatic rings. The second kappa shape index (κ2) is 8.57. The van der Waals surface area contributed by atoms with Crippen LogP contribution in [-0.4, -0.2) is 83.4 Å². The quantitative estimate of drug-likeness (QED) is 0.339. The van der Waals surface area contributed by atoms with Gasteiger partial charge in [-0.15, -0.1) is 0 Å². The van der Waals surface area contributed by atoms with E-state index in [-0.39, 0.29) is 61.7 Å². The molecule has 0 fully saturated rings. The number of carboxylic acid groups (broad SMARTS) is 2. The Morgan fingerprint density at radius 1 is 1.46 bits per heavy atom. The molecular weight excluding hydrogens is 301 g/mol. The number of hydrogen-bond donors (Lipinski definition) is 3. The van der Waals surface area contributed by atoms with Crippen molar-refractivity contribution >= 4 is 67.2 Å². The monoisotopic (exact) mass is 312 g/mol. The van der Waals surface area contributed by atoms with Gasteiger partial charge in [0.15, 0.2) is 0 Å². The van der Waals surface area contributed by atoms with E-state index < -0.39 is 18.0 Å². The molecule has 1 atom stereocenters. The number of hydrogen-bond acceptors (Lipinski definition) is 3. The molecule has 0 saturated carbocycles. The number of rotatable bonds is 5. The van der Waals surface area contributed by atoms with Gasteiger partial charge in [0.05, 0.1) is 6.34 Å². The number of nitrogens with two attached hydrogens (primary N) is 1. The maximum absolute atomic E-state index is 10.3. The van der Waals surface area contributed by atoms with Crippen LogP contribution in [0.1, 0.15) is 12.8 Å². The first-order valence-electron chi connectivity index (χ1n) is 3.26. The van der Waals surface area contributed by atoms with Crippen LogP contribution in [0.15, 0.2) is 4.99 Å². The Morgan fingerprint density at radius 3 is 2.31 bits per heavy atom. The molecule has 0 aromatic rings. The molecule has 0 aromatic carbocycles. The summed E-state index contributed by atoms with van der Waals surface area (Å²) >= 11 is 0. The maximum atomic E-state index is 10.3. The molecule has 0 bridgehead atoms. The topological polar surface area (TPSA) is 113 Å². The van der Waals surface area contributed by atoms with E-state index in [1.807, 2.05) is 0 Å². The van der Waals surface area contributed by atoms with Gasteiger partial charge in [-0.05, 0) is 6.42 Å². The van der Waals surface area contributed by atoms with Crippen LogP contribution in [-0.2, 0) is 9.59 Å². The van der Waals surface area contributed by atoms with E-state index in [4.69, 9.17) is 15.9 Å². The SMILES string of the molecule is NC=NC(CCC(=O)O)C(=O)O.[Ba+2]. The van der Waals surface area contributed by atoms with Gasteiger partial charge in [0.1, 0.15) is 6.04 Å². The van der Waals surface area contributed by atoms with E-state index in [0.29, 0.717) is 0 Å². The summed E-state index contributed by atoms with van der Waals surface area (Å²) in [6, 6.07) is -1.05. The van der Waals surface area contributed by atoms with Crippen molar-refractivity contribution in [3.8, 4) is 0 Å². The minimum atomic E-state index is -1.17. The average Bonchev–Trinajstić information content (AvgIpc) is 1.96. The molecular formula is C6H10BaN2O4+2. The van der Waals surface area contributed by atoms with E-state index in [2.05, 4.69) is 4.99 Å². The zero-order valence-corrected chi connectivity index (χ0v) is 11.5. The second-order valence-corrected chi connectivity index (χ2v) is 2.08. The summed E-state index contributed by atoms with van der Waals surface area (Å²) in [6.45, 7) is 0. The van der Waals surface area contributed by atoms with E-state index in [1.54, 1.807) is 0 Å². The first-order valence-corrected chi connectivity index (χ1v) is 3.26. The molecule has 0 spiro atoms. The van der Waals surface area contributed by atoms with Crippen LogP contribution in [0, 0.1) is 0 Å². The first kappa shape index (κ1) is 15.5. The Bertz CT molecular complexity index is 207. The number of carbonyl (C=O) groups is 2. The molecule has 0 rings (SSSR count). The summed E-state index contributed by atoms with van der Waals surface area (Å²) in [6.07, 6.45) is 0.591. The van der Waals surface area contributed by atoms with Gasteiger partial charge in [-0.25, -0.2) is 4.79 Å². The Labute approximate surface area is 115 Å². The summed E-state index contributed by atoms with van der Waals surface area (Å²) in [5, 5.41) is 16.7. The molecule has 0 heterocycles. The number of aliphatic carboxylic acids is 2. The fourth-order valence-electron chi connectivity index (χ4n) is 0.626. The van der Waals surface area contributed by atoms with Gasteiger partial charge < -0.3 is 15.9 Å². The van der Waals surface area contributed by atoms with E-state index in [1.165, 1.54) is 0 Å². The maximum Gasteiger partial charge on any atom is 2.00 e. The van der Waals surface area contributed by atoms with E-state index in [9.17, 15) is 9.59 Å². The second-order valence-electron chi connectivity index (χ2n) is 2.08.